The van der Waals surface area contributed by atoms with E-state index in [1.807, 2.05) is 67.7 Å². The molecule has 1 fully saturated rings. The minimum Gasteiger partial charge on any atom is -0.381 e. The van der Waals surface area contributed by atoms with Gasteiger partial charge in [-0.25, -0.2) is 9.50 Å². The minimum atomic E-state index is -0.572. The van der Waals surface area contributed by atoms with E-state index in [0.29, 0.717) is 33.4 Å². The summed E-state index contributed by atoms with van der Waals surface area (Å²) in [6.07, 6.45) is 8.60. The van der Waals surface area contributed by atoms with Gasteiger partial charge >= 0.3 is 0 Å². The monoisotopic (exact) mass is 580 g/mol. The molecule has 1 spiro atoms. The zero-order chi connectivity index (χ0) is 30.0. The van der Waals surface area contributed by atoms with Gasteiger partial charge in [0.25, 0.3) is 11.5 Å². The smallest absolute Gasteiger partial charge is 0.264 e. The molecule has 8 rings (SSSR count). The predicted molar refractivity (Wildman–Crippen MR) is 166 cm³/mol. The molecule has 3 N–H and O–H groups in total. The molecule has 6 aromatic rings. The Balaban J connectivity index is 1.22. The first kappa shape index (κ1) is 26.0. The minimum absolute atomic E-state index is 0.0759. The largest absolute Gasteiger partial charge is 0.381 e. The highest BCUT2D eigenvalue weighted by atomic mass is 16.2. The van der Waals surface area contributed by atoms with E-state index < -0.39 is 11.9 Å². The maximum Gasteiger partial charge on any atom is 0.264 e. The van der Waals surface area contributed by atoms with Crippen LogP contribution < -0.4 is 16.6 Å². The van der Waals surface area contributed by atoms with Crippen molar-refractivity contribution in [2.45, 2.75) is 38.8 Å². The average molecular weight is 581 g/mol. The number of nitrogens with two attached hydrogens (primary N) is 1. The second kappa shape index (κ2) is 9.67. The fourth-order valence-electron chi connectivity index (χ4n) is 6.33. The number of nitrogen functional groups attached to an aromatic ring is 1. The summed E-state index contributed by atoms with van der Waals surface area (Å²) in [6.45, 7) is 2.81. The number of benzene rings is 2. The summed E-state index contributed by atoms with van der Waals surface area (Å²) in [5.41, 5.74) is 10.9. The number of aromatic nitrogens is 6. The quantitative estimate of drug-likeness (QED) is 0.303. The summed E-state index contributed by atoms with van der Waals surface area (Å²) in [7, 11) is 0. The van der Waals surface area contributed by atoms with Crippen LogP contribution in [0.5, 0.6) is 0 Å². The van der Waals surface area contributed by atoms with Gasteiger partial charge in [0.15, 0.2) is 11.5 Å². The lowest BCUT2D eigenvalue weighted by molar-refractivity contribution is 0.0941. The first-order chi connectivity index (χ1) is 21.4. The second-order valence-corrected chi connectivity index (χ2v) is 11.7. The van der Waals surface area contributed by atoms with Gasteiger partial charge in [-0.05, 0) is 67.3 Å². The van der Waals surface area contributed by atoms with Gasteiger partial charge in [-0.15, -0.1) is 5.10 Å². The van der Waals surface area contributed by atoms with Crippen LogP contribution in [0.4, 0.5) is 5.82 Å². The first-order valence-corrected chi connectivity index (χ1v) is 14.6. The van der Waals surface area contributed by atoms with Crippen molar-refractivity contribution in [2.24, 2.45) is 5.41 Å². The van der Waals surface area contributed by atoms with Gasteiger partial charge in [0.05, 0.1) is 28.9 Å². The van der Waals surface area contributed by atoms with Crippen molar-refractivity contribution in [3.05, 3.63) is 118 Å². The Morgan fingerprint density at radius 3 is 2.70 bits per heavy atom. The molecule has 1 saturated carbocycles. The standard InChI is InChI=1S/C34H28N8O2/c1-21(38-32(43)29-30(35)39-40-16-6-15-36-31(29)40)26-17-23-8-5-7-22(28(23)33(44)42(26)25-9-3-2-4-10-25)11-12-24-19-37-41-20-34(13-14-34)18-27(24)41/h2-10,15-17,19,21H,13-14,18,20H2,1H3,(H2,35,39)(H,38,43)/t21-/m0/s1. The fraction of sp³-hybridized carbons (Fsp3) is 0.206. The number of carbonyl (C=O) groups excluding carboxylic acids is 1. The molecule has 1 amide bonds. The molecular formula is C34H28N8O2. The van der Waals surface area contributed by atoms with E-state index >= 15 is 0 Å². The van der Waals surface area contributed by atoms with Crippen molar-refractivity contribution in [2.75, 3.05) is 5.73 Å². The molecule has 10 heteroatoms. The lowest BCUT2D eigenvalue weighted by Crippen LogP contribution is -2.32. The average Bonchev–Trinajstić information content (AvgIpc) is 3.35. The Hall–Kier alpha value is -5.69. The molecule has 44 heavy (non-hydrogen) atoms. The van der Waals surface area contributed by atoms with Crippen LogP contribution in [0.25, 0.3) is 22.1 Å². The third-order valence-electron chi connectivity index (χ3n) is 8.80. The second-order valence-electron chi connectivity index (χ2n) is 11.7. The summed E-state index contributed by atoms with van der Waals surface area (Å²) < 4.78 is 5.20. The Morgan fingerprint density at radius 2 is 1.89 bits per heavy atom. The van der Waals surface area contributed by atoms with Crippen molar-refractivity contribution in [3.63, 3.8) is 0 Å². The highest BCUT2D eigenvalue weighted by Gasteiger charge is 2.48. The number of nitrogens with zero attached hydrogens (tertiary/aromatic N) is 6. The molecule has 10 nitrogen and oxygen atoms in total. The summed E-state index contributed by atoms with van der Waals surface area (Å²) >= 11 is 0. The Morgan fingerprint density at radius 1 is 1.07 bits per heavy atom. The number of carbonyl (C=O) groups is 1. The molecular weight excluding hydrogens is 552 g/mol. The number of anilines is 1. The highest BCUT2D eigenvalue weighted by molar-refractivity contribution is 6.04. The number of nitrogens with one attached hydrogen (secondary N) is 1. The maximum absolute atomic E-state index is 14.4. The van der Waals surface area contributed by atoms with Gasteiger partial charge in [0.1, 0.15) is 5.56 Å². The van der Waals surface area contributed by atoms with E-state index in [4.69, 9.17) is 5.73 Å². The molecule has 0 unspecified atom stereocenters. The van der Waals surface area contributed by atoms with Crippen molar-refractivity contribution in [1.82, 2.24) is 34.3 Å². The Kier molecular flexibility index (Phi) is 5.71. The van der Waals surface area contributed by atoms with Gasteiger partial charge in [-0.3, -0.25) is 18.8 Å². The fourth-order valence-corrected chi connectivity index (χ4v) is 6.33. The number of hydrogen-bond donors (Lipinski definition) is 2. The van der Waals surface area contributed by atoms with E-state index in [-0.39, 0.29) is 16.9 Å². The van der Waals surface area contributed by atoms with E-state index in [0.717, 1.165) is 23.9 Å². The topological polar surface area (TPSA) is 125 Å². The molecule has 0 radical (unpaired) electrons. The molecule has 216 valence electrons. The van der Waals surface area contributed by atoms with Crippen molar-refractivity contribution >= 4 is 28.1 Å². The number of amides is 1. The van der Waals surface area contributed by atoms with Crippen LogP contribution in [-0.2, 0) is 13.0 Å². The third-order valence-corrected chi connectivity index (χ3v) is 8.80. The first-order valence-electron chi connectivity index (χ1n) is 14.6. The van der Waals surface area contributed by atoms with Crippen LogP contribution in [0, 0.1) is 17.3 Å². The number of para-hydroxylation sites is 1. The number of rotatable bonds is 4. The number of hydrogen-bond acceptors (Lipinski definition) is 6. The van der Waals surface area contributed by atoms with E-state index in [1.54, 1.807) is 23.0 Å². The molecule has 2 aromatic carbocycles. The summed E-state index contributed by atoms with van der Waals surface area (Å²) in [5.74, 6) is 6.26. The number of fused-ring (bicyclic) bond motifs is 3. The van der Waals surface area contributed by atoms with E-state index in [2.05, 4.69) is 37.0 Å². The van der Waals surface area contributed by atoms with Crippen LogP contribution in [0.2, 0.25) is 0 Å². The van der Waals surface area contributed by atoms with Crippen molar-refractivity contribution in [1.29, 1.82) is 0 Å². The van der Waals surface area contributed by atoms with Crippen LogP contribution in [0.3, 0.4) is 0 Å². The highest BCUT2D eigenvalue weighted by Crippen LogP contribution is 2.53. The predicted octanol–water partition coefficient (Wildman–Crippen LogP) is 4.04. The zero-order valence-corrected chi connectivity index (χ0v) is 24.0. The van der Waals surface area contributed by atoms with Gasteiger partial charge in [0, 0.05) is 35.9 Å². The van der Waals surface area contributed by atoms with Crippen LogP contribution >= 0.6 is 0 Å². The SMILES string of the molecule is C[C@H](NC(=O)c1c(N)nn2cccnc12)c1cc2cccc(C#Cc3cnn4c3CC3(CC3)C4)c2c(=O)n1-c1ccccc1. The van der Waals surface area contributed by atoms with Crippen molar-refractivity contribution < 1.29 is 4.79 Å². The molecule has 1 aliphatic carbocycles. The summed E-state index contributed by atoms with van der Waals surface area (Å²) in [6, 6.07) is 18.2. The summed E-state index contributed by atoms with van der Waals surface area (Å²) in [5, 5.41) is 13.0. The Labute approximate surface area is 252 Å². The lowest BCUT2D eigenvalue weighted by Gasteiger charge is -2.21. The molecule has 1 aliphatic heterocycles. The van der Waals surface area contributed by atoms with Crippen LogP contribution in [0.1, 0.15) is 58.7 Å². The van der Waals surface area contributed by atoms with Gasteiger partial charge in [-0.2, -0.15) is 5.10 Å². The maximum atomic E-state index is 14.4. The molecule has 4 aromatic heterocycles. The molecule has 2 aliphatic rings. The van der Waals surface area contributed by atoms with E-state index in [1.165, 1.54) is 23.1 Å². The lowest BCUT2D eigenvalue weighted by atomic mass is 10.0. The normalized spacial score (nSPS) is 15.2. The number of pyridine rings is 1. The van der Waals surface area contributed by atoms with Gasteiger partial charge < -0.3 is 11.1 Å². The molecule has 0 saturated heterocycles. The summed E-state index contributed by atoms with van der Waals surface area (Å²) in [4.78, 5) is 32.2. The molecule has 0 bridgehead atoms. The van der Waals surface area contributed by atoms with Crippen molar-refractivity contribution in [3.8, 4) is 17.5 Å². The van der Waals surface area contributed by atoms with Gasteiger partial charge in [0.2, 0.25) is 0 Å². The van der Waals surface area contributed by atoms with Gasteiger partial charge in [-0.1, -0.05) is 42.2 Å². The molecule has 5 heterocycles. The molecule has 1 atom stereocenters. The Bertz CT molecular complexity index is 2250. The van der Waals surface area contributed by atoms with Crippen LogP contribution in [0.15, 0.2) is 84.0 Å². The third kappa shape index (κ3) is 4.16. The zero-order valence-electron chi connectivity index (χ0n) is 24.0. The van der Waals surface area contributed by atoms with Crippen LogP contribution in [-0.4, -0.2) is 34.9 Å². The van der Waals surface area contributed by atoms with E-state index in [9.17, 15) is 9.59 Å².